The lowest BCUT2D eigenvalue weighted by molar-refractivity contribution is 0.0775. The molecule has 0 radical (unpaired) electrons. The summed E-state index contributed by atoms with van der Waals surface area (Å²) in [7, 11) is 0. The van der Waals surface area contributed by atoms with Crippen LogP contribution in [0.3, 0.4) is 0 Å². The van der Waals surface area contributed by atoms with Gasteiger partial charge in [-0.2, -0.15) is 5.26 Å². The van der Waals surface area contributed by atoms with Crippen molar-refractivity contribution in [2.24, 2.45) is 5.92 Å². The molecule has 2 fully saturated rings. The third-order valence-electron chi connectivity index (χ3n) is 5.99. The Kier molecular flexibility index (Phi) is 6.29. The summed E-state index contributed by atoms with van der Waals surface area (Å²) < 4.78 is 5.42. The summed E-state index contributed by atoms with van der Waals surface area (Å²) in [5.41, 5.74) is 3.45. The quantitative estimate of drug-likeness (QED) is 0.877. The third-order valence-corrected chi connectivity index (χ3v) is 5.99. The normalized spacial score (nSPS) is 25.3. The number of benzene rings is 1. The summed E-state index contributed by atoms with van der Waals surface area (Å²) in [4.78, 5) is 0. The second-order valence-corrected chi connectivity index (χ2v) is 7.48. The number of nitrogens with zero attached hydrogens (tertiary/aromatic N) is 1. The fourth-order valence-electron chi connectivity index (χ4n) is 4.37. The molecule has 1 aromatic carbocycles. The maximum atomic E-state index is 9.22. The van der Waals surface area contributed by atoms with Crippen molar-refractivity contribution < 1.29 is 4.74 Å². The molecule has 3 heteroatoms. The van der Waals surface area contributed by atoms with E-state index in [1.165, 1.54) is 56.1 Å². The summed E-state index contributed by atoms with van der Waals surface area (Å²) in [6.07, 6.45) is 8.85. The van der Waals surface area contributed by atoms with Crippen LogP contribution >= 0.6 is 0 Å². The lowest BCUT2D eigenvalue weighted by atomic mass is 9.76. The first kappa shape index (κ1) is 17.5. The highest BCUT2D eigenvalue weighted by Gasteiger charge is 2.24. The molecule has 130 valence electrons. The van der Waals surface area contributed by atoms with Gasteiger partial charge in [0.2, 0.25) is 0 Å². The van der Waals surface area contributed by atoms with Gasteiger partial charge in [0.05, 0.1) is 11.6 Å². The highest BCUT2D eigenvalue weighted by Crippen LogP contribution is 2.38. The number of hydrogen-bond donors (Lipinski definition) is 1. The van der Waals surface area contributed by atoms with Crippen LogP contribution in [0, 0.1) is 24.2 Å². The van der Waals surface area contributed by atoms with E-state index in [4.69, 9.17) is 4.74 Å². The van der Waals surface area contributed by atoms with Gasteiger partial charge in [0.1, 0.15) is 0 Å². The molecule has 1 N–H and O–H groups in total. The van der Waals surface area contributed by atoms with E-state index in [-0.39, 0.29) is 0 Å². The fraction of sp³-hybridized carbons (Fsp3) is 0.667. The zero-order chi connectivity index (χ0) is 16.8. The van der Waals surface area contributed by atoms with Crippen molar-refractivity contribution in [1.29, 1.82) is 5.26 Å². The highest BCUT2D eigenvalue weighted by atomic mass is 16.5. The minimum atomic E-state index is 0.651. The van der Waals surface area contributed by atoms with Crippen molar-refractivity contribution in [3.63, 3.8) is 0 Å². The van der Waals surface area contributed by atoms with Crippen molar-refractivity contribution in [1.82, 2.24) is 5.32 Å². The van der Waals surface area contributed by atoms with E-state index in [1.807, 2.05) is 12.1 Å². The Bertz CT molecular complexity index is 564. The first-order valence-corrected chi connectivity index (χ1v) is 9.58. The average molecular weight is 326 g/mol. The molecule has 0 unspecified atom stereocenters. The maximum absolute atomic E-state index is 9.22. The van der Waals surface area contributed by atoms with Crippen LogP contribution in [0.25, 0.3) is 0 Å². The number of ether oxygens (including phenoxy) is 1. The van der Waals surface area contributed by atoms with E-state index in [9.17, 15) is 5.26 Å². The average Bonchev–Trinajstić information content (AvgIpc) is 2.64. The van der Waals surface area contributed by atoms with Crippen LogP contribution in [0.2, 0.25) is 0 Å². The number of nitriles is 1. The Morgan fingerprint density at radius 3 is 2.58 bits per heavy atom. The van der Waals surface area contributed by atoms with Gasteiger partial charge in [0.15, 0.2) is 0 Å². The molecule has 0 amide bonds. The third kappa shape index (κ3) is 4.37. The molecule has 1 saturated carbocycles. The lowest BCUT2D eigenvalue weighted by Crippen LogP contribution is -2.36. The standard InChI is InChI=1S/C21H30N2O/c1-16-19(15-22)3-2-4-21(16)18-7-5-17(6-8-18)9-12-23-20-10-13-24-14-11-20/h2-4,17-18,20,23H,5-14H2,1H3. The molecule has 3 rings (SSSR count). The van der Waals surface area contributed by atoms with Crippen LogP contribution in [-0.2, 0) is 4.74 Å². The number of hydrogen-bond acceptors (Lipinski definition) is 3. The van der Waals surface area contributed by atoms with Crippen LogP contribution in [0.4, 0.5) is 0 Å². The van der Waals surface area contributed by atoms with Crippen LogP contribution in [-0.4, -0.2) is 25.8 Å². The summed E-state index contributed by atoms with van der Waals surface area (Å²) in [6.45, 7) is 5.11. The van der Waals surface area contributed by atoms with Crippen LogP contribution in [0.15, 0.2) is 18.2 Å². The molecule has 2 aliphatic rings. The second-order valence-electron chi connectivity index (χ2n) is 7.48. The van der Waals surface area contributed by atoms with Gasteiger partial charge in [-0.1, -0.05) is 12.1 Å². The van der Waals surface area contributed by atoms with E-state index in [0.717, 1.165) is 31.2 Å². The summed E-state index contributed by atoms with van der Waals surface area (Å²) >= 11 is 0. The van der Waals surface area contributed by atoms with Crippen molar-refractivity contribution >= 4 is 0 Å². The van der Waals surface area contributed by atoms with E-state index < -0.39 is 0 Å². The summed E-state index contributed by atoms with van der Waals surface area (Å²) in [6, 6.07) is 9.21. The van der Waals surface area contributed by atoms with Gasteiger partial charge < -0.3 is 10.1 Å². The van der Waals surface area contributed by atoms with Gasteiger partial charge in [-0.25, -0.2) is 0 Å². The molecule has 3 nitrogen and oxygen atoms in total. The first-order chi connectivity index (χ1) is 11.8. The minimum Gasteiger partial charge on any atom is -0.381 e. The van der Waals surface area contributed by atoms with Crippen molar-refractivity contribution in [2.45, 2.75) is 63.8 Å². The highest BCUT2D eigenvalue weighted by molar-refractivity contribution is 5.43. The molecule has 1 aliphatic carbocycles. The molecule has 1 saturated heterocycles. The lowest BCUT2D eigenvalue weighted by Gasteiger charge is -2.30. The zero-order valence-corrected chi connectivity index (χ0v) is 14.9. The van der Waals surface area contributed by atoms with Crippen molar-refractivity contribution in [3.05, 3.63) is 34.9 Å². The van der Waals surface area contributed by atoms with E-state index >= 15 is 0 Å². The van der Waals surface area contributed by atoms with Gasteiger partial charge in [0.25, 0.3) is 0 Å². The SMILES string of the molecule is Cc1c(C#N)cccc1C1CCC(CCNC2CCOCC2)CC1. The minimum absolute atomic E-state index is 0.651. The Morgan fingerprint density at radius 2 is 1.88 bits per heavy atom. The van der Waals surface area contributed by atoms with E-state index in [0.29, 0.717) is 12.0 Å². The number of rotatable bonds is 5. The molecule has 24 heavy (non-hydrogen) atoms. The molecular formula is C21H30N2O. The van der Waals surface area contributed by atoms with Crippen LogP contribution in [0.5, 0.6) is 0 Å². The Balaban J connectivity index is 1.43. The fourth-order valence-corrected chi connectivity index (χ4v) is 4.37. The Labute approximate surface area is 146 Å². The largest absolute Gasteiger partial charge is 0.381 e. The van der Waals surface area contributed by atoms with Gasteiger partial charge in [-0.15, -0.1) is 0 Å². The monoisotopic (exact) mass is 326 g/mol. The van der Waals surface area contributed by atoms with Gasteiger partial charge in [-0.3, -0.25) is 0 Å². The molecule has 0 spiro atoms. The van der Waals surface area contributed by atoms with Crippen LogP contribution in [0.1, 0.15) is 67.6 Å². The predicted octanol–water partition coefficient (Wildman–Crippen LogP) is 4.30. The van der Waals surface area contributed by atoms with Crippen molar-refractivity contribution in [3.8, 4) is 6.07 Å². The summed E-state index contributed by atoms with van der Waals surface area (Å²) in [5.74, 6) is 1.52. The molecule has 1 heterocycles. The van der Waals surface area contributed by atoms with E-state index in [1.54, 1.807) is 0 Å². The molecule has 0 aromatic heterocycles. The summed E-state index contributed by atoms with van der Waals surface area (Å²) in [5, 5.41) is 12.9. The zero-order valence-electron chi connectivity index (χ0n) is 14.9. The van der Waals surface area contributed by atoms with Gasteiger partial charge in [0, 0.05) is 19.3 Å². The molecule has 0 atom stereocenters. The number of nitrogens with one attached hydrogen (secondary N) is 1. The van der Waals surface area contributed by atoms with Gasteiger partial charge >= 0.3 is 0 Å². The molecule has 1 aliphatic heterocycles. The predicted molar refractivity (Wildman–Crippen MR) is 97.1 cm³/mol. The maximum Gasteiger partial charge on any atom is 0.0994 e. The first-order valence-electron chi connectivity index (χ1n) is 9.58. The topological polar surface area (TPSA) is 45.0 Å². The second kappa shape index (κ2) is 8.65. The van der Waals surface area contributed by atoms with Crippen molar-refractivity contribution in [2.75, 3.05) is 19.8 Å². The Hall–Kier alpha value is -1.37. The molecule has 0 bridgehead atoms. The molecule has 1 aromatic rings. The smallest absolute Gasteiger partial charge is 0.0994 e. The Morgan fingerprint density at radius 1 is 1.12 bits per heavy atom. The van der Waals surface area contributed by atoms with Gasteiger partial charge in [-0.05, 0) is 87.4 Å². The van der Waals surface area contributed by atoms with E-state index in [2.05, 4.69) is 24.4 Å². The van der Waals surface area contributed by atoms with Crippen LogP contribution < -0.4 is 5.32 Å². The molecular weight excluding hydrogens is 296 g/mol.